The monoisotopic (exact) mass is 426 g/mol. The van der Waals surface area contributed by atoms with E-state index in [0.717, 1.165) is 30.5 Å². The quantitative estimate of drug-likeness (QED) is 0.682. The van der Waals surface area contributed by atoms with E-state index in [0.29, 0.717) is 30.5 Å². The Morgan fingerprint density at radius 2 is 1.90 bits per heavy atom. The zero-order valence-electron chi connectivity index (χ0n) is 16.8. The molecule has 9 heteroatoms. The minimum absolute atomic E-state index is 0.102. The Morgan fingerprint density at radius 3 is 2.61 bits per heavy atom. The summed E-state index contributed by atoms with van der Waals surface area (Å²) in [6.45, 7) is 2.30. The highest BCUT2D eigenvalue weighted by Gasteiger charge is 2.29. The first-order valence-corrected chi connectivity index (χ1v) is 9.86. The molecule has 0 bridgehead atoms. The van der Waals surface area contributed by atoms with Crippen molar-refractivity contribution >= 4 is 17.5 Å². The van der Waals surface area contributed by atoms with Crippen molar-refractivity contribution in [1.29, 1.82) is 0 Å². The van der Waals surface area contributed by atoms with Crippen LogP contribution in [-0.4, -0.2) is 39.9 Å². The van der Waals surface area contributed by atoms with E-state index in [9.17, 15) is 18.4 Å². The zero-order chi connectivity index (χ0) is 22.0. The average molecular weight is 426 g/mol. The van der Waals surface area contributed by atoms with Crippen molar-refractivity contribution in [1.82, 2.24) is 15.0 Å². The molecular weight excluding hydrogens is 406 g/mol. The van der Waals surface area contributed by atoms with Crippen LogP contribution in [0.15, 0.2) is 47.0 Å². The van der Waals surface area contributed by atoms with Gasteiger partial charge in [-0.1, -0.05) is 5.16 Å². The molecule has 1 fully saturated rings. The molecule has 0 unspecified atom stereocenters. The largest absolute Gasteiger partial charge is 0.339 e. The fourth-order valence-corrected chi connectivity index (χ4v) is 3.60. The Bertz CT molecular complexity index is 1110. The number of rotatable bonds is 4. The minimum Gasteiger partial charge on any atom is -0.339 e. The summed E-state index contributed by atoms with van der Waals surface area (Å²) >= 11 is 0. The number of benzene rings is 2. The van der Waals surface area contributed by atoms with Crippen LogP contribution in [0, 0.1) is 11.6 Å². The normalized spacial score (nSPS) is 16.2. The van der Waals surface area contributed by atoms with Crippen LogP contribution in [-0.2, 0) is 4.79 Å². The number of hydrogen-bond donors (Lipinski definition) is 1. The van der Waals surface area contributed by atoms with Gasteiger partial charge in [0.15, 0.2) is 11.6 Å². The van der Waals surface area contributed by atoms with Crippen LogP contribution in [0.2, 0.25) is 0 Å². The number of nitrogens with one attached hydrogen (secondary N) is 1. The molecule has 0 saturated carbocycles. The van der Waals surface area contributed by atoms with Gasteiger partial charge in [-0.2, -0.15) is 4.98 Å². The fourth-order valence-electron chi connectivity index (χ4n) is 3.60. The van der Waals surface area contributed by atoms with Gasteiger partial charge in [-0.25, -0.2) is 8.78 Å². The van der Waals surface area contributed by atoms with Crippen LogP contribution in [0.3, 0.4) is 0 Å². The number of anilines is 1. The Kier molecular flexibility index (Phi) is 5.75. The summed E-state index contributed by atoms with van der Waals surface area (Å²) in [5.41, 5.74) is 1.50. The van der Waals surface area contributed by atoms with Gasteiger partial charge in [0.05, 0.1) is 5.92 Å². The Labute approximate surface area is 177 Å². The number of nitrogens with zero attached hydrogens (tertiary/aromatic N) is 3. The lowest BCUT2D eigenvalue weighted by Gasteiger charge is -2.31. The number of likely N-dealkylation sites (tertiary alicyclic amines) is 1. The average Bonchev–Trinajstić information content (AvgIpc) is 3.26. The summed E-state index contributed by atoms with van der Waals surface area (Å²) in [5, 5.41) is 6.72. The second-order valence-corrected chi connectivity index (χ2v) is 7.43. The molecule has 2 amide bonds. The van der Waals surface area contributed by atoms with Gasteiger partial charge in [-0.05, 0) is 55.3 Å². The summed E-state index contributed by atoms with van der Waals surface area (Å²) in [7, 11) is 0. The molecule has 0 spiro atoms. The number of amides is 2. The number of hydrogen-bond acceptors (Lipinski definition) is 5. The third kappa shape index (κ3) is 4.60. The van der Waals surface area contributed by atoms with E-state index < -0.39 is 11.6 Å². The van der Waals surface area contributed by atoms with Crippen molar-refractivity contribution in [3.8, 4) is 11.4 Å². The van der Waals surface area contributed by atoms with Gasteiger partial charge >= 0.3 is 0 Å². The zero-order valence-corrected chi connectivity index (χ0v) is 16.8. The summed E-state index contributed by atoms with van der Waals surface area (Å²) in [4.78, 5) is 29.9. The van der Waals surface area contributed by atoms with Crippen molar-refractivity contribution in [2.24, 2.45) is 0 Å². The molecule has 2 heterocycles. The predicted octanol–water partition coefficient (Wildman–Crippen LogP) is 3.99. The molecule has 0 radical (unpaired) electrons. The van der Waals surface area contributed by atoms with Gasteiger partial charge in [-0.3, -0.25) is 9.59 Å². The molecule has 1 aromatic heterocycles. The SMILES string of the molecule is CC(=O)Nc1ccc(-c2noc([C@@H]3CCCN(C(=O)c4ccc(F)c(F)c4)C3)n2)cc1. The van der Waals surface area contributed by atoms with Gasteiger partial charge in [0, 0.05) is 36.8 Å². The van der Waals surface area contributed by atoms with Crippen molar-refractivity contribution in [3.63, 3.8) is 0 Å². The van der Waals surface area contributed by atoms with E-state index in [1.807, 2.05) is 0 Å². The highest BCUT2D eigenvalue weighted by atomic mass is 19.2. The van der Waals surface area contributed by atoms with Crippen LogP contribution >= 0.6 is 0 Å². The van der Waals surface area contributed by atoms with Gasteiger partial charge in [-0.15, -0.1) is 0 Å². The summed E-state index contributed by atoms with van der Waals surface area (Å²) in [5.74, 6) is -1.88. The highest BCUT2D eigenvalue weighted by Crippen LogP contribution is 2.29. The molecule has 31 heavy (non-hydrogen) atoms. The number of carbonyl (C=O) groups excluding carboxylic acids is 2. The maximum atomic E-state index is 13.5. The van der Waals surface area contributed by atoms with E-state index >= 15 is 0 Å². The van der Waals surface area contributed by atoms with Crippen molar-refractivity contribution < 1.29 is 22.9 Å². The molecule has 1 aliphatic rings. The van der Waals surface area contributed by atoms with Gasteiger partial charge < -0.3 is 14.7 Å². The standard InChI is InChI=1S/C22H20F2N4O3/c1-13(29)25-17-7-4-14(5-8-17)20-26-21(31-27-20)16-3-2-10-28(12-16)22(30)15-6-9-18(23)19(24)11-15/h4-9,11,16H,2-3,10,12H2,1H3,(H,25,29)/t16-/m1/s1. The second kappa shape index (κ2) is 8.63. The van der Waals surface area contributed by atoms with Crippen molar-refractivity contribution in [2.75, 3.05) is 18.4 Å². The van der Waals surface area contributed by atoms with Crippen LogP contribution in [0.5, 0.6) is 0 Å². The van der Waals surface area contributed by atoms with E-state index in [2.05, 4.69) is 15.5 Å². The van der Waals surface area contributed by atoms with E-state index in [-0.39, 0.29) is 23.3 Å². The number of aromatic nitrogens is 2. The third-order valence-corrected chi connectivity index (χ3v) is 5.13. The fraction of sp³-hybridized carbons (Fsp3) is 0.273. The lowest BCUT2D eigenvalue weighted by molar-refractivity contribution is -0.114. The maximum Gasteiger partial charge on any atom is 0.253 e. The maximum absolute atomic E-state index is 13.5. The molecule has 1 N–H and O–H groups in total. The Balaban J connectivity index is 1.46. The molecule has 7 nitrogen and oxygen atoms in total. The number of halogens is 2. The topological polar surface area (TPSA) is 88.3 Å². The molecular formula is C22H20F2N4O3. The van der Waals surface area contributed by atoms with Crippen LogP contribution < -0.4 is 5.32 Å². The molecule has 2 aromatic carbocycles. The summed E-state index contributed by atoms with van der Waals surface area (Å²) in [6, 6.07) is 10.2. The lowest BCUT2D eigenvalue weighted by atomic mass is 9.97. The lowest BCUT2D eigenvalue weighted by Crippen LogP contribution is -2.39. The molecule has 4 rings (SSSR count). The Hall–Kier alpha value is -3.62. The van der Waals surface area contributed by atoms with Crippen molar-refractivity contribution in [2.45, 2.75) is 25.7 Å². The van der Waals surface area contributed by atoms with Gasteiger partial charge in [0.2, 0.25) is 17.6 Å². The minimum atomic E-state index is -1.05. The predicted molar refractivity (Wildman–Crippen MR) is 108 cm³/mol. The van der Waals surface area contributed by atoms with E-state index in [1.165, 1.54) is 13.0 Å². The number of piperidine rings is 1. The summed E-state index contributed by atoms with van der Waals surface area (Å²) < 4.78 is 32.1. The van der Waals surface area contributed by atoms with Crippen molar-refractivity contribution in [3.05, 3.63) is 65.6 Å². The van der Waals surface area contributed by atoms with Gasteiger partial charge in [0.25, 0.3) is 5.91 Å². The molecule has 1 atom stereocenters. The second-order valence-electron chi connectivity index (χ2n) is 7.43. The smallest absolute Gasteiger partial charge is 0.253 e. The van der Waals surface area contributed by atoms with Crippen LogP contribution in [0.1, 0.15) is 41.9 Å². The van der Waals surface area contributed by atoms with Crippen LogP contribution in [0.4, 0.5) is 14.5 Å². The molecule has 1 saturated heterocycles. The first-order chi connectivity index (χ1) is 14.9. The first kappa shape index (κ1) is 20.6. The highest BCUT2D eigenvalue weighted by molar-refractivity contribution is 5.94. The number of carbonyl (C=O) groups is 2. The molecule has 160 valence electrons. The first-order valence-electron chi connectivity index (χ1n) is 9.86. The Morgan fingerprint density at radius 1 is 1.13 bits per heavy atom. The molecule has 0 aliphatic carbocycles. The van der Waals surface area contributed by atoms with E-state index in [4.69, 9.17) is 4.52 Å². The summed E-state index contributed by atoms with van der Waals surface area (Å²) in [6.07, 6.45) is 1.49. The molecule has 1 aliphatic heterocycles. The van der Waals surface area contributed by atoms with Crippen LogP contribution in [0.25, 0.3) is 11.4 Å². The third-order valence-electron chi connectivity index (χ3n) is 5.13. The van der Waals surface area contributed by atoms with E-state index in [1.54, 1.807) is 29.2 Å². The van der Waals surface area contributed by atoms with Gasteiger partial charge in [0.1, 0.15) is 0 Å². The molecule has 3 aromatic rings.